The van der Waals surface area contributed by atoms with Crippen molar-refractivity contribution in [2.45, 2.75) is 33.2 Å². The van der Waals surface area contributed by atoms with Crippen LogP contribution in [0.2, 0.25) is 0 Å². The summed E-state index contributed by atoms with van der Waals surface area (Å²) < 4.78 is 5.05. The van der Waals surface area contributed by atoms with E-state index in [1.165, 1.54) is 0 Å². The molecule has 1 amide bonds. The molecule has 1 aromatic carbocycles. The van der Waals surface area contributed by atoms with Gasteiger partial charge in [-0.25, -0.2) is 0 Å². The maximum absolute atomic E-state index is 11.6. The number of carbonyl (C=O) groups is 1. The molecule has 0 radical (unpaired) electrons. The topological polar surface area (TPSA) is 50.4 Å². The summed E-state index contributed by atoms with van der Waals surface area (Å²) in [7, 11) is 1.71. The fraction of sp³-hybridized carbons (Fsp3) is 0.533. The second kappa shape index (κ2) is 7.79. The predicted octanol–water partition coefficient (Wildman–Crippen LogP) is 3.12. The van der Waals surface area contributed by atoms with Crippen molar-refractivity contribution in [2.24, 2.45) is 5.92 Å². The van der Waals surface area contributed by atoms with Gasteiger partial charge in [0.25, 0.3) is 0 Å². The second-order valence-corrected chi connectivity index (χ2v) is 5.05. The highest BCUT2D eigenvalue weighted by molar-refractivity contribution is 5.92. The summed E-state index contributed by atoms with van der Waals surface area (Å²) in [6.07, 6.45) is 0.961. The molecular formula is C15H24N2O2. The lowest BCUT2D eigenvalue weighted by atomic mass is 10.2. The number of methoxy groups -OCH3 is 1. The van der Waals surface area contributed by atoms with Crippen LogP contribution in [-0.2, 0) is 9.53 Å². The van der Waals surface area contributed by atoms with Crippen molar-refractivity contribution >= 4 is 17.3 Å². The van der Waals surface area contributed by atoms with E-state index >= 15 is 0 Å². The Morgan fingerprint density at radius 3 is 2.26 bits per heavy atom. The van der Waals surface area contributed by atoms with E-state index in [0.29, 0.717) is 6.04 Å². The minimum absolute atomic E-state index is 0.00753. The number of benzene rings is 1. The van der Waals surface area contributed by atoms with Crippen LogP contribution in [0.1, 0.15) is 27.2 Å². The van der Waals surface area contributed by atoms with E-state index < -0.39 is 0 Å². The highest BCUT2D eigenvalue weighted by Gasteiger charge is 2.07. The third-order valence-corrected chi connectivity index (χ3v) is 2.84. The number of amides is 1. The van der Waals surface area contributed by atoms with Gasteiger partial charge in [0.05, 0.1) is 0 Å². The number of hydrogen-bond acceptors (Lipinski definition) is 3. The zero-order valence-electron chi connectivity index (χ0n) is 12.2. The van der Waals surface area contributed by atoms with E-state index in [9.17, 15) is 4.79 Å². The lowest BCUT2D eigenvalue weighted by Crippen LogP contribution is -2.18. The molecule has 0 bridgehead atoms. The van der Waals surface area contributed by atoms with Crippen molar-refractivity contribution in [2.75, 3.05) is 24.4 Å². The van der Waals surface area contributed by atoms with Gasteiger partial charge in [0.1, 0.15) is 0 Å². The van der Waals surface area contributed by atoms with Gasteiger partial charge >= 0.3 is 0 Å². The van der Waals surface area contributed by atoms with Gasteiger partial charge in [-0.15, -0.1) is 0 Å². The SMILES string of the molecule is COCCC(C)Nc1ccc(NC(=O)C(C)C)cc1. The van der Waals surface area contributed by atoms with E-state index in [-0.39, 0.29) is 11.8 Å². The largest absolute Gasteiger partial charge is 0.385 e. The summed E-state index contributed by atoms with van der Waals surface area (Å²) in [6.45, 7) is 6.62. The molecule has 1 rings (SSSR count). The molecular weight excluding hydrogens is 240 g/mol. The molecule has 19 heavy (non-hydrogen) atoms. The summed E-state index contributed by atoms with van der Waals surface area (Å²) in [5, 5.41) is 6.26. The summed E-state index contributed by atoms with van der Waals surface area (Å²) in [4.78, 5) is 11.6. The molecule has 0 saturated heterocycles. The van der Waals surface area contributed by atoms with E-state index in [2.05, 4.69) is 17.6 Å². The number of anilines is 2. The first-order valence-corrected chi connectivity index (χ1v) is 6.69. The predicted molar refractivity (Wildman–Crippen MR) is 79.5 cm³/mol. The molecule has 0 heterocycles. The molecule has 0 aliphatic carbocycles. The van der Waals surface area contributed by atoms with E-state index in [1.807, 2.05) is 38.1 Å². The normalized spacial score (nSPS) is 12.3. The van der Waals surface area contributed by atoms with Crippen LogP contribution in [0.25, 0.3) is 0 Å². The van der Waals surface area contributed by atoms with Gasteiger partial charge < -0.3 is 15.4 Å². The van der Waals surface area contributed by atoms with Gasteiger partial charge in [0.2, 0.25) is 5.91 Å². The van der Waals surface area contributed by atoms with Crippen LogP contribution in [-0.4, -0.2) is 25.7 Å². The van der Waals surface area contributed by atoms with Crippen molar-refractivity contribution in [3.05, 3.63) is 24.3 Å². The number of nitrogens with one attached hydrogen (secondary N) is 2. The lowest BCUT2D eigenvalue weighted by molar-refractivity contribution is -0.118. The summed E-state index contributed by atoms with van der Waals surface area (Å²) in [6, 6.07) is 8.12. The van der Waals surface area contributed by atoms with Crippen LogP contribution in [0.15, 0.2) is 24.3 Å². The first-order valence-electron chi connectivity index (χ1n) is 6.69. The number of rotatable bonds is 7. The van der Waals surface area contributed by atoms with Crippen LogP contribution in [0.3, 0.4) is 0 Å². The first kappa shape index (κ1) is 15.5. The first-order chi connectivity index (χ1) is 9.02. The molecule has 1 atom stereocenters. The molecule has 0 aliphatic rings. The van der Waals surface area contributed by atoms with Crippen molar-refractivity contribution in [3.8, 4) is 0 Å². The smallest absolute Gasteiger partial charge is 0.226 e. The third kappa shape index (κ3) is 5.75. The van der Waals surface area contributed by atoms with Gasteiger partial charge in [-0.1, -0.05) is 13.8 Å². The van der Waals surface area contributed by atoms with Gasteiger partial charge in [-0.2, -0.15) is 0 Å². The average Bonchev–Trinajstić information content (AvgIpc) is 2.38. The maximum atomic E-state index is 11.6. The molecule has 1 aromatic rings. The molecule has 4 nitrogen and oxygen atoms in total. The monoisotopic (exact) mass is 264 g/mol. The minimum Gasteiger partial charge on any atom is -0.385 e. The Bertz CT molecular complexity index is 388. The molecule has 2 N–H and O–H groups in total. The van der Waals surface area contributed by atoms with Crippen molar-refractivity contribution in [1.82, 2.24) is 0 Å². The Hall–Kier alpha value is -1.55. The van der Waals surface area contributed by atoms with Gasteiger partial charge in [0, 0.05) is 37.1 Å². The average molecular weight is 264 g/mol. The zero-order chi connectivity index (χ0) is 14.3. The fourth-order valence-electron chi connectivity index (χ4n) is 1.59. The van der Waals surface area contributed by atoms with E-state index in [1.54, 1.807) is 7.11 Å². The number of hydrogen-bond donors (Lipinski definition) is 2. The minimum atomic E-state index is -0.00753. The second-order valence-electron chi connectivity index (χ2n) is 5.05. The van der Waals surface area contributed by atoms with Crippen LogP contribution < -0.4 is 10.6 Å². The Morgan fingerprint density at radius 2 is 1.74 bits per heavy atom. The Labute approximate surface area is 115 Å². The highest BCUT2D eigenvalue weighted by atomic mass is 16.5. The van der Waals surface area contributed by atoms with E-state index in [4.69, 9.17) is 4.74 Å². The Balaban J connectivity index is 2.49. The number of ether oxygens (including phenoxy) is 1. The highest BCUT2D eigenvalue weighted by Crippen LogP contribution is 2.15. The molecule has 0 fully saturated rings. The summed E-state index contributed by atoms with van der Waals surface area (Å²) in [5.41, 5.74) is 1.87. The van der Waals surface area contributed by atoms with Crippen LogP contribution in [0.5, 0.6) is 0 Å². The summed E-state index contributed by atoms with van der Waals surface area (Å²) in [5.74, 6) is 0.0287. The number of carbonyl (C=O) groups excluding carboxylic acids is 1. The zero-order valence-corrected chi connectivity index (χ0v) is 12.2. The quantitative estimate of drug-likeness (QED) is 0.795. The standard InChI is InChI=1S/C15H24N2O2/c1-11(2)15(18)17-14-7-5-13(6-8-14)16-12(3)9-10-19-4/h5-8,11-12,16H,9-10H2,1-4H3,(H,17,18). The van der Waals surface area contributed by atoms with Crippen LogP contribution in [0, 0.1) is 5.92 Å². The van der Waals surface area contributed by atoms with Gasteiger partial charge in [0.15, 0.2) is 0 Å². The fourth-order valence-corrected chi connectivity index (χ4v) is 1.59. The maximum Gasteiger partial charge on any atom is 0.226 e. The van der Waals surface area contributed by atoms with Crippen LogP contribution >= 0.6 is 0 Å². The van der Waals surface area contributed by atoms with Crippen molar-refractivity contribution in [3.63, 3.8) is 0 Å². The molecule has 0 aliphatic heterocycles. The summed E-state index contributed by atoms with van der Waals surface area (Å²) >= 11 is 0. The molecule has 106 valence electrons. The molecule has 0 aromatic heterocycles. The molecule has 1 unspecified atom stereocenters. The Morgan fingerprint density at radius 1 is 1.16 bits per heavy atom. The molecule has 4 heteroatoms. The molecule has 0 saturated carbocycles. The van der Waals surface area contributed by atoms with Gasteiger partial charge in [-0.3, -0.25) is 4.79 Å². The van der Waals surface area contributed by atoms with Crippen LogP contribution in [0.4, 0.5) is 11.4 Å². The molecule has 0 spiro atoms. The Kier molecular flexibility index (Phi) is 6.36. The van der Waals surface area contributed by atoms with Gasteiger partial charge in [-0.05, 0) is 37.6 Å². The lowest BCUT2D eigenvalue weighted by Gasteiger charge is -2.15. The third-order valence-electron chi connectivity index (χ3n) is 2.84. The van der Waals surface area contributed by atoms with E-state index in [0.717, 1.165) is 24.4 Å². The van der Waals surface area contributed by atoms with Crippen molar-refractivity contribution < 1.29 is 9.53 Å². The van der Waals surface area contributed by atoms with Crippen molar-refractivity contribution in [1.29, 1.82) is 0 Å².